The Labute approximate surface area is 110 Å². The summed E-state index contributed by atoms with van der Waals surface area (Å²) < 4.78 is 7.44. The van der Waals surface area contributed by atoms with Gasteiger partial charge in [-0.2, -0.15) is 5.10 Å². The number of hydrogen-bond donors (Lipinski definition) is 1. The van der Waals surface area contributed by atoms with Crippen molar-refractivity contribution in [3.63, 3.8) is 0 Å². The molecule has 0 aromatic carbocycles. The number of ether oxygens (including phenoxy) is 1. The first-order valence-corrected chi connectivity index (χ1v) is 6.93. The van der Waals surface area contributed by atoms with Gasteiger partial charge in [0.15, 0.2) is 5.75 Å². The third-order valence-corrected chi connectivity index (χ3v) is 4.21. The molecule has 102 valence electrons. The van der Waals surface area contributed by atoms with Crippen molar-refractivity contribution in [1.82, 2.24) is 9.78 Å². The minimum atomic E-state index is 0.0300. The average Bonchev–Trinajstić information content (AvgIpc) is 2.93. The normalized spacial score (nSPS) is 25.7. The summed E-state index contributed by atoms with van der Waals surface area (Å²) in [5, 5.41) is 4.42. The van der Waals surface area contributed by atoms with Crippen LogP contribution < -0.4 is 10.5 Å². The smallest absolute Gasteiger partial charge is 0.161 e. The first-order valence-electron chi connectivity index (χ1n) is 6.93. The molecule has 3 atom stereocenters. The molecule has 2 N–H and O–H groups in total. The van der Waals surface area contributed by atoms with Crippen molar-refractivity contribution in [2.45, 2.75) is 52.1 Å². The zero-order valence-corrected chi connectivity index (χ0v) is 11.9. The second kappa shape index (κ2) is 5.31. The Bertz CT molecular complexity index is 400. The summed E-state index contributed by atoms with van der Waals surface area (Å²) in [4.78, 5) is 0. The van der Waals surface area contributed by atoms with E-state index >= 15 is 0 Å². The maximum Gasteiger partial charge on any atom is 0.161 e. The molecule has 1 aromatic heterocycles. The minimum Gasteiger partial charge on any atom is -0.493 e. The molecule has 3 unspecified atom stereocenters. The molecule has 0 amide bonds. The number of nitrogens with zero attached hydrogens (tertiary/aromatic N) is 2. The highest BCUT2D eigenvalue weighted by Gasteiger charge is 2.33. The average molecular weight is 251 g/mol. The van der Waals surface area contributed by atoms with Gasteiger partial charge in [-0.3, -0.25) is 4.68 Å². The van der Waals surface area contributed by atoms with E-state index < -0.39 is 0 Å². The van der Waals surface area contributed by atoms with Gasteiger partial charge in [0.2, 0.25) is 0 Å². The van der Waals surface area contributed by atoms with Gasteiger partial charge in [-0.15, -0.1) is 0 Å². The second-order valence-corrected chi connectivity index (χ2v) is 5.73. The maximum atomic E-state index is 6.51. The Morgan fingerprint density at radius 2 is 2.17 bits per heavy atom. The van der Waals surface area contributed by atoms with Gasteiger partial charge in [0.25, 0.3) is 0 Å². The van der Waals surface area contributed by atoms with E-state index in [-0.39, 0.29) is 6.04 Å². The van der Waals surface area contributed by atoms with Crippen molar-refractivity contribution >= 4 is 0 Å². The van der Waals surface area contributed by atoms with Crippen LogP contribution in [-0.2, 0) is 0 Å². The largest absolute Gasteiger partial charge is 0.493 e. The van der Waals surface area contributed by atoms with Crippen LogP contribution in [0.2, 0.25) is 0 Å². The topological polar surface area (TPSA) is 53.1 Å². The molecular formula is C14H25N3O. The van der Waals surface area contributed by atoms with Gasteiger partial charge in [-0.1, -0.05) is 19.8 Å². The van der Waals surface area contributed by atoms with E-state index in [1.807, 2.05) is 4.68 Å². The number of rotatable bonds is 4. The maximum absolute atomic E-state index is 6.51. The van der Waals surface area contributed by atoms with Crippen molar-refractivity contribution < 1.29 is 4.74 Å². The Morgan fingerprint density at radius 3 is 2.67 bits per heavy atom. The Balaban J connectivity index is 2.33. The molecule has 4 heteroatoms. The van der Waals surface area contributed by atoms with E-state index in [9.17, 15) is 0 Å². The summed E-state index contributed by atoms with van der Waals surface area (Å²) in [5.41, 5.74) is 7.57. The molecule has 0 saturated heterocycles. The van der Waals surface area contributed by atoms with Crippen LogP contribution >= 0.6 is 0 Å². The van der Waals surface area contributed by atoms with Crippen LogP contribution in [0.1, 0.15) is 57.8 Å². The van der Waals surface area contributed by atoms with Crippen molar-refractivity contribution in [3.05, 3.63) is 11.9 Å². The van der Waals surface area contributed by atoms with Crippen LogP contribution in [0.5, 0.6) is 5.75 Å². The van der Waals surface area contributed by atoms with Crippen molar-refractivity contribution in [2.75, 3.05) is 7.11 Å². The molecule has 0 spiro atoms. The number of aromatic nitrogens is 2. The molecule has 1 aliphatic carbocycles. The monoisotopic (exact) mass is 251 g/mol. The molecule has 2 rings (SSSR count). The lowest BCUT2D eigenvalue weighted by molar-refractivity contribution is 0.316. The van der Waals surface area contributed by atoms with Gasteiger partial charge < -0.3 is 10.5 Å². The Hall–Kier alpha value is -1.03. The zero-order valence-electron chi connectivity index (χ0n) is 11.9. The predicted molar refractivity (Wildman–Crippen MR) is 72.6 cm³/mol. The van der Waals surface area contributed by atoms with Gasteiger partial charge in [0.05, 0.1) is 25.0 Å². The zero-order chi connectivity index (χ0) is 13.3. The molecule has 1 heterocycles. The van der Waals surface area contributed by atoms with E-state index in [0.717, 1.165) is 11.4 Å². The fourth-order valence-electron chi connectivity index (χ4n) is 3.15. The summed E-state index contributed by atoms with van der Waals surface area (Å²) in [6, 6.07) is 0.342. The van der Waals surface area contributed by atoms with E-state index in [1.165, 1.54) is 19.3 Å². The highest BCUT2D eigenvalue weighted by Crippen LogP contribution is 2.41. The van der Waals surface area contributed by atoms with E-state index in [4.69, 9.17) is 10.5 Å². The molecule has 18 heavy (non-hydrogen) atoms. The molecule has 4 nitrogen and oxygen atoms in total. The van der Waals surface area contributed by atoms with E-state index in [1.54, 1.807) is 13.3 Å². The first-order chi connectivity index (χ1) is 8.56. The van der Waals surface area contributed by atoms with E-state index in [0.29, 0.717) is 17.9 Å². The molecular weight excluding hydrogens is 226 g/mol. The summed E-state index contributed by atoms with van der Waals surface area (Å²) in [6.45, 7) is 6.56. The van der Waals surface area contributed by atoms with Crippen LogP contribution in [0.4, 0.5) is 0 Å². The minimum absolute atomic E-state index is 0.0300. The van der Waals surface area contributed by atoms with Crippen molar-refractivity contribution in [3.8, 4) is 5.75 Å². The molecule has 1 saturated carbocycles. The fourth-order valence-corrected chi connectivity index (χ4v) is 3.15. The lowest BCUT2D eigenvalue weighted by Crippen LogP contribution is -2.27. The van der Waals surface area contributed by atoms with Crippen LogP contribution in [-0.4, -0.2) is 16.9 Å². The summed E-state index contributed by atoms with van der Waals surface area (Å²) in [6.07, 6.45) is 5.58. The van der Waals surface area contributed by atoms with Gasteiger partial charge >= 0.3 is 0 Å². The third-order valence-electron chi connectivity index (χ3n) is 4.21. The number of nitrogens with two attached hydrogens (primary N) is 1. The van der Waals surface area contributed by atoms with E-state index in [2.05, 4.69) is 25.9 Å². The van der Waals surface area contributed by atoms with Crippen molar-refractivity contribution in [1.29, 1.82) is 0 Å². The second-order valence-electron chi connectivity index (χ2n) is 5.73. The Morgan fingerprint density at radius 1 is 1.44 bits per heavy atom. The molecule has 0 bridgehead atoms. The third kappa shape index (κ3) is 2.26. The fraction of sp³-hybridized carbons (Fsp3) is 0.786. The highest BCUT2D eigenvalue weighted by molar-refractivity contribution is 5.29. The summed E-state index contributed by atoms with van der Waals surface area (Å²) in [7, 11) is 1.69. The van der Waals surface area contributed by atoms with Gasteiger partial charge in [0.1, 0.15) is 0 Å². The summed E-state index contributed by atoms with van der Waals surface area (Å²) >= 11 is 0. The van der Waals surface area contributed by atoms with Gasteiger partial charge in [0, 0.05) is 6.04 Å². The SMILES string of the molecule is COc1cnn(C(C)C)c1C(N)C1CCCC1C. The quantitative estimate of drug-likeness (QED) is 0.895. The lowest BCUT2D eigenvalue weighted by atomic mass is 9.88. The van der Waals surface area contributed by atoms with Gasteiger partial charge in [-0.05, 0) is 32.1 Å². The van der Waals surface area contributed by atoms with Crippen LogP contribution in [0.25, 0.3) is 0 Å². The van der Waals surface area contributed by atoms with Crippen LogP contribution in [0.15, 0.2) is 6.20 Å². The first kappa shape index (κ1) is 13.4. The van der Waals surface area contributed by atoms with Crippen molar-refractivity contribution in [2.24, 2.45) is 17.6 Å². The van der Waals surface area contributed by atoms with Gasteiger partial charge in [-0.25, -0.2) is 0 Å². The summed E-state index contributed by atoms with van der Waals surface area (Å²) in [5.74, 6) is 2.07. The van der Waals surface area contributed by atoms with Crippen LogP contribution in [0, 0.1) is 11.8 Å². The predicted octanol–water partition coefficient (Wildman–Crippen LogP) is 2.91. The Kier molecular flexibility index (Phi) is 3.95. The molecule has 1 aliphatic rings. The number of methoxy groups -OCH3 is 1. The molecule has 0 radical (unpaired) electrons. The molecule has 1 aromatic rings. The highest BCUT2D eigenvalue weighted by atomic mass is 16.5. The standard InChI is InChI=1S/C14H25N3O/c1-9(2)17-14(12(18-4)8-16-17)13(15)11-7-5-6-10(11)3/h8-11,13H,5-7,15H2,1-4H3. The molecule has 1 fully saturated rings. The lowest BCUT2D eigenvalue weighted by Gasteiger charge is -2.25. The van der Waals surface area contributed by atoms with Crippen LogP contribution in [0.3, 0.4) is 0 Å². The molecule has 0 aliphatic heterocycles. The number of hydrogen-bond acceptors (Lipinski definition) is 3.